The normalized spacial score (nSPS) is 11.7. The van der Waals surface area contributed by atoms with Crippen LogP contribution in [0.1, 0.15) is 37.8 Å². The van der Waals surface area contributed by atoms with E-state index in [1.54, 1.807) is 23.6 Å². The molecule has 2 aromatic carbocycles. The Morgan fingerprint density at radius 3 is 2.38 bits per heavy atom. The molecule has 0 spiro atoms. The second-order valence-corrected chi connectivity index (χ2v) is 8.59. The number of nitrogens with zero attached hydrogens (tertiary/aromatic N) is 1. The van der Waals surface area contributed by atoms with Crippen LogP contribution in [0.5, 0.6) is 0 Å². The second-order valence-electron chi connectivity index (χ2n) is 6.98. The maximum absolute atomic E-state index is 12.9. The molecule has 0 unspecified atom stereocenters. The number of benzene rings is 2. The van der Waals surface area contributed by atoms with Crippen molar-refractivity contribution in [3.8, 4) is 0 Å². The van der Waals surface area contributed by atoms with E-state index in [0.29, 0.717) is 19.5 Å². The molecule has 2 rings (SSSR count). The number of rotatable bonds is 10. The van der Waals surface area contributed by atoms with E-state index in [9.17, 15) is 9.59 Å². The first kappa shape index (κ1) is 23.3. The van der Waals surface area contributed by atoms with Gasteiger partial charge >= 0.3 is 0 Å². The van der Waals surface area contributed by atoms with Crippen molar-refractivity contribution in [2.75, 3.05) is 12.3 Å². The van der Waals surface area contributed by atoms with E-state index in [4.69, 9.17) is 11.6 Å². The minimum atomic E-state index is -0.507. The Labute approximate surface area is 183 Å². The molecule has 0 aliphatic heterocycles. The van der Waals surface area contributed by atoms with Gasteiger partial charge in [0, 0.05) is 29.4 Å². The number of halogens is 1. The molecule has 0 saturated heterocycles. The summed E-state index contributed by atoms with van der Waals surface area (Å²) in [4.78, 5) is 28.1. The number of thioether (sulfide) groups is 1. The molecular formula is C23H29ClN2O2S. The number of carbonyl (C=O) groups excluding carboxylic acids is 2. The highest BCUT2D eigenvalue weighted by Crippen LogP contribution is 2.22. The van der Waals surface area contributed by atoms with Gasteiger partial charge in [0.2, 0.25) is 11.8 Å². The van der Waals surface area contributed by atoms with Crippen molar-refractivity contribution in [1.82, 2.24) is 10.2 Å². The van der Waals surface area contributed by atoms with Crippen LogP contribution in [0.3, 0.4) is 0 Å². The van der Waals surface area contributed by atoms with Gasteiger partial charge in [-0.3, -0.25) is 9.59 Å². The van der Waals surface area contributed by atoms with Crippen molar-refractivity contribution in [2.24, 2.45) is 0 Å². The Morgan fingerprint density at radius 2 is 1.76 bits per heavy atom. The van der Waals surface area contributed by atoms with Gasteiger partial charge in [-0.2, -0.15) is 0 Å². The van der Waals surface area contributed by atoms with Crippen LogP contribution in [0.4, 0.5) is 0 Å². The minimum Gasteiger partial charge on any atom is -0.355 e. The summed E-state index contributed by atoms with van der Waals surface area (Å²) in [6.07, 6.45) is 1.16. The first-order valence-corrected chi connectivity index (χ1v) is 11.3. The highest BCUT2D eigenvalue weighted by Gasteiger charge is 2.25. The molecular weight excluding hydrogens is 404 g/mol. The van der Waals surface area contributed by atoms with Gasteiger partial charge in [-0.15, -0.1) is 11.8 Å². The van der Waals surface area contributed by atoms with Crippen LogP contribution in [0.15, 0.2) is 53.4 Å². The van der Waals surface area contributed by atoms with Crippen molar-refractivity contribution < 1.29 is 9.59 Å². The largest absolute Gasteiger partial charge is 0.355 e. The summed E-state index contributed by atoms with van der Waals surface area (Å²) in [6, 6.07) is 15.3. The van der Waals surface area contributed by atoms with Gasteiger partial charge < -0.3 is 10.2 Å². The molecule has 0 radical (unpaired) electrons. The first-order valence-electron chi connectivity index (χ1n) is 9.91. The molecule has 0 saturated carbocycles. The summed E-state index contributed by atoms with van der Waals surface area (Å²) in [5.41, 5.74) is 2.19. The number of hydrogen-bond donors (Lipinski definition) is 1. The van der Waals surface area contributed by atoms with Crippen molar-refractivity contribution in [1.29, 1.82) is 0 Å². The molecule has 0 bridgehead atoms. The van der Waals surface area contributed by atoms with Gasteiger partial charge in [0.15, 0.2) is 0 Å². The lowest BCUT2D eigenvalue weighted by Crippen LogP contribution is -2.47. The average Bonchev–Trinajstić information content (AvgIpc) is 2.71. The van der Waals surface area contributed by atoms with Crippen LogP contribution in [0.2, 0.25) is 5.02 Å². The smallest absolute Gasteiger partial charge is 0.242 e. The molecule has 156 valence electrons. The van der Waals surface area contributed by atoms with Crippen molar-refractivity contribution in [3.05, 3.63) is 64.7 Å². The van der Waals surface area contributed by atoms with Gasteiger partial charge in [0.25, 0.3) is 0 Å². The lowest BCUT2D eigenvalue weighted by atomic mass is 10.1. The van der Waals surface area contributed by atoms with E-state index < -0.39 is 6.04 Å². The molecule has 1 atom stereocenters. The van der Waals surface area contributed by atoms with Crippen molar-refractivity contribution >= 4 is 35.2 Å². The minimum absolute atomic E-state index is 0.000958. The fourth-order valence-corrected chi connectivity index (χ4v) is 3.86. The third-order valence-electron chi connectivity index (χ3n) is 4.61. The van der Waals surface area contributed by atoms with Crippen LogP contribution >= 0.6 is 23.4 Å². The molecule has 0 aromatic heterocycles. The molecule has 0 aliphatic carbocycles. The highest BCUT2D eigenvalue weighted by atomic mass is 35.5. The van der Waals surface area contributed by atoms with Crippen LogP contribution in [-0.2, 0) is 16.1 Å². The zero-order chi connectivity index (χ0) is 21.2. The van der Waals surface area contributed by atoms with Gasteiger partial charge in [0.05, 0.1) is 0 Å². The van der Waals surface area contributed by atoms with E-state index in [2.05, 4.69) is 5.32 Å². The van der Waals surface area contributed by atoms with Crippen LogP contribution < -0.4 is 5.32 Å². The molecule has 1 N–H and O–H groups in total. The lowest BCUT2D eigenvalue weighted by molar-refractivity contribution is -0.140. The summed E-state index contributed by atoms with van der Waals surface area (Å²) in [7, 11) is 0. The van der Waals surface area contributed by atoms with Crippen molar-refractivity contribution in [2.45, 2.75) is 51.1 Å². The van der Waals surface area contributed by atoms with E-state index >= 15 is 0 Å². The molecule has 0 aliphatic rings. The molecule has 6 heteroatoms. The number of likely N-dealkylation sites (N-methyl/N-ethyl adjacent to an activating group) is 1. The Hall–Kier alpha value is -1.98. The Balaban J connectivity index is 1.96. The molecule has 0 fully saturated rings. The predicted molar refractivity (Wildman–Crippen MR) is 121 cm³/mol. The highest BCUT2D eigenvalue weighted by molar-refractivity contribution is 7.99. The number of carbonyl (C=O) groups is 2. The van der Waals surface area contributed by atoms with Gasteiger partial charge in [-0.25, -0.2) is 0 Å². The van der Waals surface area contributed by atoms with Crippen molar-refractivity contribution in [3.63, 3.8) is 0 Å². The van der Waals surface area contributed by atoms with Gasteiger partial charge in [-0.05, 0) is 62.8 Å². The Kier molecular flexibility index (Phi) is 9.55. The Bertz CT molecular complexity index is 794. The van der Waals surface area contributed by atoms with E-state index in [1.165, 1.54) is 5.56 Å². The van der Waals surface area contributed by atoms with Crippen LogP contribution in [-0.4, -0.2) is 35.1 Å². The average molecular weight is 433 g/mol. The molecule has 0 heterocycles. The summed E-state index contributed by atoms with van der Waals surface area (Å²) in [5.74, 6) is 0.714. The lowest BCUT2D eigenvalue weighted by Gasteiger charge is -2.29. The third-order valence-corrected chi connectivity index (χ3v) is 5.96. The summed E-state index contributed by atoms with van der Waals surface area (Å²) >= 11 is 7.61. The standard InChI is InChI=1S/C23H29ClN2O2S/c1-4-25-23(28)18(3)26(16-19-9-7-17(2)8-10-19)22(27)6-5-15-29-21-13-11-20(24)12-14-21/h7-14,18H,4-6,15-16H2,1-3H3,(H,25,28)/t18-/m0/s1. The first-order chi connectivity index (χ1) is 13.9. The maximum Gasteiger partial charge on any atom is 0.242 e. The van der Waals surface area contributed by atoms with Gasteiger partial charge in [-0.1, -0.05) is 41.4 Å². The zero-order valence-electron chi connectivity index (χ0n) is 17.3. The molecule has 2 amide bonds. The summed E-state index contributed by atoms with van der Waals surface area (Å²) in [5, 5.41) is 3.54. The zero-order valence-corrected chi connectivity index (χ0v) is 18.9. The quantitative estimate of drug-likeness (QED) is 0.421. The van der Waals surface area contributed by atoms with E-state index in [1.807, 2.05) is 62.4 Å². The fraction of sp³-hybridized carbons (Fsp3) is 0.391. The SMILES string of the molecule is CCNC(=O)[C@H](C)N(Cc1ccc(C)cc1)C(=O)CCCSc1ccc(Cl)cc1. The number of nitrogens with one attached hydrogen (secondary N) is 1. The molecule has 2 aromatic rings. The molecule has 29 heavy (non-hydrogen) atoms. The third kappa shape index (κ3) is 7.75. The number of aryl methyl sites for hydroxylation is 1. The predicted octanol–water partition coefficient (Wildman–Crippen LogP) is 5.07. The van der Waals surface area contributed by atoms with E-state index in [-0.39, 0.29) is 11.8 Å². The number of hydrogen-bond acceptors (Lipinski definition) is 3. The summed E-state index contributed by atoms with van der Waals surface area (Å²) in [6.45, 7) is 6.68. The molecule has 4 nitrogen and oxygen atoms in total. The van der Waals surface area contributed by atoms with E-state index in [0.717, 1.165) is 27.7 Å². The Morgan fingerprint density at radius 1 is 1.10 bits per heavy atom. The number of amides is 2. The monoisotopic (exact) mass is 432 g/mol. The van der Waals surface area contributed by atoms with Crippen LogP contribution in [0.25, 0.3) is 0 Å². The topological polar surface area (TPSA) is 49.4 Å². The summed E-state index contributed by atoms with van der Waals surface area (Å²) < 4.78 is 0. The maximum atomic E-state index is 12.9. The second kappa shape index (κ2) is 11.9. The van der Waals surface area contributed by atoms with Gasteiger partial charge in [0.1, 0.15) is 6.04 Å². The van der Waals surface area contributed by atoms with Crippen LogP contribution in [0, 0.1) is 6.92 Å². The fourth-order valence-electron chi connectivity index (χ4n) is 2.88.